The molecule has 0 aliphatic carbocycles. The summed E-state index contributed by atoms with van der Waals surface area (Å²) in [6.07, 6.45) is -19.3. The lowest BCUT2D eigenvalue weighted by atomic mass is 9.92. The standard InChI is InChI=1S/C25H9BrF12N2O4/c26-15-7-9(22(29,24(33,34)35)25(36,37)38)6-14(23(30,31)32)18(15)39-19(41)12-2-1-3-16(17(12)28)40-20(42)11-5-4-10(27)8-13(11)21(43)44-40/h1-8H,(H,39,41). The number of carbonyl (C=O) groups is 1. The molecule has 44 heavy (non-hydrogen) atoms. The SMILES string of the molecule is O=C(Nc1c(Br)cc(C(F)(C(F)(F)F)C(F)(F)F)cc1C(F)(F)F)c1cccc(-n2oc(=O)c3cc(F)ccc3c2=O)c1F. The van der Waals surface area contributed by atoms with E-state index < -0.39 is 102 Å². The number of amides is 1. The second-order valence-corrected chi connectivity index (χ2v) is 9.65. The Hall–Kier alpha value is -4.29. The first kappa shape index (κ1) is 32.6. The third-order valence-electron chi connectivity index (χ3n) is 6.05. The van der Waals surface area contributed by atoms with E-state index in [0.717, 1.165) is 24.3 Å². The van der Waals surface area contributed by atoms with Gasteiger partial charge >= 0.3 is 29.8 Å². The summed E-state index contributed by atoms with van der Waals surface area (Å²) < 4.78 is 167. The van der Waals surface area contributed by atoms with Gasteiger partial charge in [-0.2, -0.15) is 39.5 Å². The van der Waals surface area contributed by atoms with E-state index in [4.69, 9.17) is 4.52 Å². The minimum Gasteiger partial charge on any atom is -0.327 e. The van der Waals surface area contributed by atoms with E-state index in [9.17, 15) is 62.7 Å². The second-order valence-electron chi connectivity index (χ2n) is 8.79. The molecule has 0 bridgehead atoms. The Kier molecular flexibility index (Phi) is 7.94. The van der Waals surface area contributed by atoms with Crippen LogP contribution in [0.5, 0.6) is 0 Å². The number of nitrogens with zero attached hydrogens (tertiary/aromatic N) is 1. The summed E-state index contributed by atoms with van der Waals surface area (Å²) in [5, 5.41) is 0.486. The highest BCUT2D eigenvalue weighted by atomic mass is 79.9. The van der Waals surface area contributed by atoms with Gasteiger partial charge in [-0.25, -0.2) is 18.0 Å². The molecule has 19 heteroatoms. The molecule has 234 valence electrons. The molecule has 3 aromatic carbocycles. The number of alkyl halides is 10. The van der Waals surface area contributed by atoms with E-state index >= 15 is 4.39 Å². The van der Waals surface area contributed by atoms with Gasteiger partial charge in [-0.1, -0.05) is 6.07 Å². The normalized spacial score (nSPS) is 12.9. The number of fused-ring (bicyclic) bond motifs is 1. The first-order valence-electron chi connectivity index (χ1n) is 11.3. The van der Waals surface area contributed by atoms with Crippen molar-refractivity contribution >= 4 is 38.3 Å². The van der Waals surface area contributed by atoms with Crippen LogP contribution in [0.3, 0.4) is 0 Å². The minimum atomic E-state index is -6.77. The Balaban J connectivity index is 1.84. The smallest absolute Gasteiger partial charge is 0.327 e. The fraction of sp³-hybridized carbons (Fsp3) is 0.160. The summed E-state index contributed by atoms with van der Waals surface area (Å²) in [7, 11) is 0. The first-order valence-corrected chi connectivity index (χ1v) is 12.1. The molecular formula is C25H9BrF12N2O4. The monoisotopic (exact) mass is 708 g/mol. The largest absolute Gasteiger partial charge is 0.435 e. The van der Waals surface area contributed by atoms with Gasteiger partial charge in [-0.3, -0.25) is 9.59 Å². The fourth-order valence-electron chi connectivity index (χ4n) is 3.99. The molecule has 0 spiro atoms. The molecule has 0 unspecified atom stereocenters. The van der Waals surface area contributed by atoms with Crippen LogP contribution in [0.25, 0.3) is 16.5 Å². The number of rotatable bonds is 4. The van der Waals surface area contributed by atoms with Gasteiger partial charge in [0, 0.05) is 10.0 Å². The van der Waals surface area contributed by atoms with Crippen LogP contribution < -0.4 is 16.5 Å². The van der Waals surface area contributed by atoms with E-state index in [-0.39, 0.29) is 10.8 Å². The zero-order valence-electron chi connectivity index (χ0n) is 20.6. The molecule has 1 amide bonds. The molecule has 0 aliphatic rings. The van der Waals surface area contributed by atoms with Gasteiger partial charge in [0.15, 0.2) is 5.82 Å². The van der Waals surface area contributed by atoms with Crippen LogP contribution in [-0.2, 0) is 11.8 Å². The van der Waals surface area contributed by atoms with Crippen LogP contribution in [-0.4, -0.2) is 23.0 Å². The maximum atomic E-state index is 15.4. The molecule has 1 aromatic heterocycles. The van der Waals surface area contributed by atoms with Crippen molar-refractivity contribution < 1.29 is 62.0 Å². The van der Waals surface area contributed by atoms with E-state index in [1.54, 1.807) is 0 Å². The number of halogens is 13. The second kappa shape index (κ2) is 10.7. The van der Waals surface area contributed by atoms with Crippen molar-refractivity contribution in [2.45, 2.75) is 24.2 Å². The topological polar surface area (TPSA) is 81.3 Å². The highest BCUT2D eigenvalue weighted by molar-refractivity contribution is 9.10. The number of aromatic nitrogens is 1. The highest BCUT2D eigenvalue weighted by Gasteiger charge is 2.73. The maximum absolute atomic E-state index is 15.4. The van der Waals surface area contributed by atoms with Crippen LogP contribution >= 0.6 is 15.9 Å². The molecule has 0 radical (unpaired) electrons. The first-order chi connectivity index (χ1) is 20.1. The molecule has 4 rings (SSSR count). The number of carbonyl (C=O) groups excluding carboxylic acids is 1. The molecule has 4 aromatic rings. The third kappa shape index (κ3) is 5.43. The summed E-state index contributed by atoms with van der Waals surface area (Å²) in [5.41, 5.74) is -17.4. The molecule has 6 nitrogen and oxygen atoms in total. The number of hydrogen-bond acceptors (Lipinski definition) is 4. The van der Waals surface area contributed by atoms with Crippen LogP contribution in [0.1, 0.15) is 21.5 Å². The van der Waals surface area contributed by atoms with Crippen molar-refractivity contribution in [1.29, 1.82) is 0 Å². The van der Waals surface area contributed by atoms with Crippen molar-refractivity contribution in [3.8, 4) is 5.69 Å². The molecule has 0 saturated heterocycles. The maximum Gasteiger partial charge on any atom is 0.435 e. The lowest BCUT2D eigenvalue weighted by Crippen LogP contribution is -2.50. The van der Waals surface area contributed by atoms with E-state index in [1.807, 2.05) is 0 Å². The fourth-order valence-corrected chi connectivity index (χ4v) is 4.55. The Morgan fingerprint density at radius 1 is 0.818 bits per heavy atom. The van der Waals surface area contributed by atoms with Crippen molar-refractivity contribution in [2.75, 3.05) is 5.32 Å². The third-order valence-corrected chi connectivity index (χ3v) is 6.67. The molecule has 0 aliphatic heterocycles. The Bertz CT molecular complexity index is 1910. The van der Waals surface area contributed by atoms with Crippen molar-refractivity contribution in [2.24, 2.45) is 0 Å². The predicted molar refractivity (Wildman–Crippen MR) is 130 cm³/mol. The zero-order chi connectivity index (χ0) is 33.2. The summed E-state index contributed by atoms with van der Waals surface area (Å²) >= 11 is 2.30. The molecule has 0 saturated carbocycles. The minimum absolute atomic E-state index is 0.0512. The van der Waals surface area contributed by atoms with E-state index in [0.29, 0.717) is 12.1 Å². The Morgan fingerprint density at radius 3 is 2.00 bits per heavy atom. The number of nitrogens with one attached hydrogen (secondary N) is 1. The zero-order valence-corrected chi connectivity index (χ0v) is 22.2. The van der Waals surface area contributed by atoms with Crippen LogP contribution in [0, 0.1) is 11.6 Å². The molecular weight excluding hydrogens is 700 g/mol. The summed E-state index contributed by atoms with van der Waals surface area (Å²) in [5.74, 6) is -4.42. The average Bonchev–Trinajstić information content (AvgIpc) is 2.89. The van der Waals surface area contributed by atoms with Gasteiger partial charge in [0.05, 0.1) is 27.6 Å². The van der Waals surface area contributed by atoms with Gasteiger partial charge in [0.1, 0.15) is 11.5 Å². The quantitative estimate of drug-likeness (QED) is 0.222. The van der Waals surface area contributed by atoms with Crippen LogP contribution in [0.4, 0.5) is 58.4 Å². The van der Waals surface area contributed by atoms with Crippen molar-refractivity contribution in [3.05, 3.63) is 102 Å². The van der Waals surface area contributed by atoms with Gasteiger partial charge in [-0.15, -0.1) is 4.74 Å². The van der Waals surface area contributed by atoms with E-state index in [2.05, 4.69) is 15.9 Å². The lowest BCUT2D eigenvalue weighted by molar-refractivity contribution is -0.348. The molecule has 1 heterocycles. The predicted octanol–water partition coefficient (Wildman–Crippen LogP) is 7.55. The highest BCUT2D eigenvalue weighted by Crippen LogP contribution is 2.55. The van der Waals surface area contributed by atoms with Gasteiger partial charge in [-0.05, 0) is 58.4 Å². The van der Waals surface area contributed by atoms with Crippen molar-refractivity contribution in [1.82, 2.24) is 4.74 Å². The van der Waals surface area contributed by atoms with Gasteiger partial charge in [0.2, 0.25) is 0 Å². The Morgan fingerprint density at radius 2 is 1.43 bits per heavy atom. The van der Waals surface area contributed by atoms with E-state index in [1.165, 1.54) is 5.32 Å². The number of hydrogen-bond donors (Lipinski definition) is 1. The summed E-state index contributed by atoms with van der Waals surface area (Å²) in [4.78, 5) is 37.9. The summed E-state index contributed by atoms with van der Waals surface area (Å²) in [6.45, 7) is 0. The molecule has 0 atom stereocenters. The molecule has 1 N–H and O–H groups in total. The van der Waals surface area contributed by atoms with Gasteiger partial charge < -0.3 is 9.84 Å². The van der Waals surface area contributed by atoms with Crippen LogP contribution in [0.15, 0.2) is 67.1 Å². The number of anilines is 1. The lowest BCUT2D eigenvalue weighted by Gasteiger charge is -2.31. The summed E-state index contributed by atoms with van der Waals surface area (Å²) in [6, 6.07) is 3.46. The number of benzene rings is 3. The molecule has 0 fully saturated rings. The Labute approximate surface area is 242 Å². The average molecular weight is 709 g/mol. The van der Waals surface area contributed by atoms with Gasteiger partial charge in [0.25, 0.3) is 11.5 Å². The van der Waals surface area contributed by atoms with Crippen LogP contribution in [0.2, 0.25) is 0 Å². The van der Waals surface area contributed by atoms with Crippen molar-refractivity contribution in [3.63, 3.8) is 0 Å².